The number of pyridine rings is 1. The van der Waals surface area contributed by atoms with Gasteiger partial charge in [0.2, 0.25) is 0 Å². The molecule has 0 bridgehead atoms. The monoisotopic (exact) mass is 205 g/mol. The first kappa shape index (κ1) is 11.1. The molecule has 0 fully saturated rings. The molecular formula is C7H8ClNO2S. The lowest BCUT2D eigenvalue weighted by Gasteiger charge is -1.96. The number of carbonyl (C=O) groups is 1. The first-order valence-electron chi connectivity index (χ1n) is 3.01. The molecule has 3 nitrogen and oxygen atoms in total. The van der Waals surface area contributed by atoms with Crippen LogP contribution < -0.4 is 0 Å². The number of carbonyl (C=O) groups excluding carboxylic acids is 1. The van der Waals surface area contributed by atoms with Crippen molar-refractivity contribution in [3.63, 3.8) is 0 Å². The Hall–Kier alpha value is -0.870. The third kappa shape index (κ3) is 2.32. The van der Waals surface area contributed by atoms with Crippen molar-refractivity contribution in [1.82, 2.24) is 4.98 Å². The summed E-state index contributed by atoms with van der Waals surface area (Å²) in [7, 11) is 1.32. The molecule has 0 aliphatic heterocycles. The van der Waals surface area contributed by atoms with Crippen molar-refractivity contribution >= 4 is 30.6 Å². The maximum Gasteiger partial charge on any atom is 0.340 e. The fourth-order valence-electron chi connectivity index (χ4n) is 0.692. The van der Waals surface area contributed by atoms with E-state index in [0.29, 0.717) is 10.2 Å². The zero-order chi connectivity index (χ0) is 8.27. The third-order valence-corrected chi connectivity index (χ3v) is 1.56. The summed E-state index contributed by atoms with van der Waals surface area (Å²) in [6, 6.07) is 3.31. The van der Waals surface area contributed by atoms with Crippen LogP contribution in [0.25, 0.3) is 0 Å². The molecule has 0 aliphatic carbocycles. The van der Waals surface area contributed by atoms with Gasteiger partial charge in [-0.15, -0.1) is 12.4 Å². The molecule has 0 radical (unpaired) electrons. The molecule has 0 unspecified atom stereocenters. The Kier molecular flexibility index (Phi) is 4.54. The number of esters is 1. The van der Waals surface area contributed by atoms with Crippen molar-refractivity contribution in [3.8, 4) is 0 Å². The number of aromatic amines is 1. The second kappa shape index (κ2) is 4.90. The first-order chi connectivity index (χ1) is 5.25. The number of rotatable bonds is 1. The fourth-order valence-corrected chi connectivity index (χ4v) is 0.912. The van der Waals surface area contributed by atoms with E-state index in [0.717, 1.165) is 0 Å². The predicted molar refractivity (Wildman–Crippen MR) is 50.2 cm³/mol. The van der Waals surface area contributed by atoms with Crippen LogP contribution in [0, 0.1) is 4.64 Å². The number of halogens is 1. The van der Waals surface area contributed by atoms with Crippen LogP contribution in [0.3, 0.4) is 0 Å². The Morgan fingerprint density at radius 3 is 2.83 bits per heavy atom. The van der Waals surface area contributed by atoms with Gasteiger partial charge in [-0.2, -0.15) is 0 Å². The number of methoxy groups -OCH3 is 1. The molecule has 0 atom stereocenters. The lowest BCUT2D eigenvalue weighted by Crippen LogP contribution is -2.02. The molecule has 0 spiro atoms. The normalized spacial score (nSPS) is 8.42. The van der Waals surface area contributed by atoms with Crippen molar-refractivity contribution in [2.75, 3.05) is 7.11 Å². The molecule has 1 aromatic rings. The predicted octanol–water partition coefficient (Wildman–Crippen LogP) is 1.95. The molecule has 5 heteroatoms. The van der Waals surface area contributed by atoms with Gasteiger partial charge in [0, 0.05) is 6.20 Å². The van der Waals surface area contributed by atoms with Gasteiger partial charge in [0.15, 0.2) is 0 Å². The Morgan fingerprint density at radius 2 is 2.33 bits per heavy atom. The maximum atomic E-state index is 10.9. The minimum absolute atomic E-state index is 0. The zero-order valence-electron chi connectivity index (χ0n) is 6.37. The molecule has 1 aromatic heterocycles. The van der Waals surface area contributed by atoms with Gasteiger partial charge in [0.05, 0.1) is 12.7 Å². The highest BCUT2D eigenvalue weighted by molar-refractivity contribution is 7.71. The molecule has 0 saturated heterocycles. The van der Waals surface area contributed by atoms with Crippen LogP contribution in [0.2, 0.25) is 0 Å². The largest absolute Gasteiger partial charge is 0.465 e. The highest BCUT2D eigenvalue weighted by Gasteiger charge is 2.04. The number of ether oxygens (including phenoxy) is 1. The second-order valence-corrected chi connectivity index (χ2v) is 2.31. The van der Waals surface area contributed by atoms with Crippen LogP contribution in [0.1, 0.15) is 10.4 Å². The summed E-state index contributed by atoms with van der Waals surface area (Å²) in [5.74, 6) is -0.410. The van der Waals surface area contributed by atoms with E-state index < -0.39 is 5.97 Å². The number of hydrogen-bond acceptors (Lipinski definition) is 3. The van der Waals surface area contributed by atoms with Crippen molar-refractivity contribution in [3.05, 3.63) is 28.5 Å². The topological polar surface area (TPSA) is 42.1 Å². The SMILES string of the molecule is COC(=O)c1ccc[nH]c1=S.Cl. The Morgan fingerprint density at radius 1 is 1.67 bits per heavy atom. The van der Waals surface area contributed by atoms with Gasteiger partial charge >= 0.3 is 5.97 Å². The number of hydrogen-bond donors (Lipinski definition) is 1. The smallest absolute Gasteiger partial charge is 0.340 e. The average Bonchev–Trinajstić information content (AvgIpc) is 2.04. The highest BCUT2D eigenvalue weighted by Crippen LogP contribution is 2.00. The number of nitrogens with one attached hydrogen (secondary N) is 1. The third-order valence-electron chi connectivity index (χ3n) is 1.22. The number of H-pyrrole nitrogens is 1. The summed E-state index contributed by atoms with van der Waals surface area (Å²) in [6.07, 6.45) is 1.66. The van der Waals surface area contributed by atoms with E-state index in [-0.39, 0.29) is 12.4 Å². The standard InChI is InChI=1S/C7H7NO2S.ClH/c1-10-7(9)5-3-2-4-8-6(5)11;/h2-4H,1H3,(H,8,11);1H. The summed E-state index contributed by atoms with van der Waals surface area (Å²) < 4.78 is 4.89. The van der Waals surface area contributed by atoms with Gasteiger partial charge in [-0.05, 0) is 12.1 Å². The van der Waals surface area contributed by atoms with Crippen molar-refractivity contribution in [2.24, 2.45) is 0 Å². The van der Waals surface area contributed by atoms with Gasteiger partial charge in [-0.1, -0.05) is 12.2 Å². The van der Waals surface area contributed by atoms with Gasteiger partial charge < -0.3 is 9.72 Å². The highest BCUT2D eigenvalue weighted by atomic mass is 35.5. The summed E-state index contributed by atoms with van der Waals surface area (Å²) in [5.41, 5.74) is 0.394. The zero-order valence-corrected chi connectivity index (χ0v) is 8.00. The Balaban J connectivity index is 0.00000121. The van der Waals surface area contributed by atoms with E-state index in [1.54, 1.807) is 18.3 Å². The Labute approximate surface area is 81.2 Å². The molecule has 1 heterocycles. The van der Waals surface area contributed by atoms with Crippen LogP contribution in [0.15, 0.2) is 18.3 Å². The van der Waals surface area contributed by atoms with Gasteiger partial charge in [0.1, 0.15) is 4.64 Å². The van der Waals surface area contributed by atoms with Crippen LogP contribution in [-0.2, 0) is 4.74 Å². The minimum Gasteiger partial charge on any atom is -0.465 e. The molecule has 0 aromatic carbocycles. The van der Waals surface area contributed by atoms with E-state index in [4.69, 9.17) is 12.2 Å². The summed E-state index contributed by atoms with van der Waals surface area (Å²) in [5, 5.41) is 0. The molecule has 12 heavy (non-hydrogen) atoms. The molecule has 66 valence electrons. The Bertz CT molecular complexity index is 323. The average molecular weight is 206 g/mol. The molecule has 0 amide bonds. The minimum atomic E-state index is -0.410. The first-order valence-corrected chi connectivity index (χ1v) is 3.42. The van der Waals surface area contributed by atoms with Gasteiger partial charge in [-0.3, -0.25) is 0 Å². The quantitative estimate of drug-likeness (QED) is 0.563. The lowest BCUT2D eigenvalue weighted by atomic mass is 10.3. The van der Waals surface area contributed by atoms with Crippen LogP contribution in [0.5, 0.6) is 0 Å². The molecule has 0 saturated carbocycles. The fraction of sp³-hybridized carbons (Fsp3) is 0.143. The van der Waals surface area contributed by atoms with Crippen molar-refractivity contribution in [1.29, 1.82) is 0 Å². The van der Waals surface area contributed by atoms with E-state index in [2.05, 4.69) is 9.72 Å². The molecule has 0 aliphatic rings. The van der Waals surface area contributed by atoms with Gasteiger partial charge in [0.25, 0.3) is 0 Å². The van der Waals surface area contributed by atoms with E-state index in [1.807, 2.05) is 0 Å². The van der Waals surface area contributed by atoms with Crippen molar-refractivity contribution < 1.29 is 9.53 Å². The van der Waals surface area contributed by atoms with Crippen LogP contribution >= 0.6 is 24.6 Å². The van der Waals surface area contributed by atoms with Crippen LogP contribution in [-0.4, -0.2) is 18.1 Å². The van der Waals surface area contributed by atoms with E-state index in [9.17, 15) is 4.79 Å². The van der Waals surface area contributed by atoms with Gasteiger partial charge in [-0.25, -0.2) is 4.79 Å². The summed E-state index contributed by atoms with van der Waals surface area (Å²) in [4.78, 5) is 13.7. The van der Waals surface area contributed by atoms with Crippen molar-refractivity contribution in [2.45, 2.75) is 0 Å². The molecule has 1 N–H and O–H groups in total. The van der Waals surface area contributed by atoms with E-state index in [1.165, 1.54) is 7.11 Å². The number of aromatic nitrogens is 1. The summed E-state index contributed by atoms with van der Waals surface area (Å²) in [6.45, 7) is 0. The molecular weight excluding hydrogens is 198 g/mol. The lowest BCUT2D eigenvalue weighted by molar-refractivity contribution is 0.0599. The van der Waals surface area contributed by atoms with E-state index >= 15 is 0 Å². The maximum absolute atomic E-state index is 10.9. The molecule has 1 rings (SSSR count). The van der Waals surface area contributed by atoms with Crippen LogP contribution in [0.4, 0.5) is 0 Å². The summed E-state index contributed by atoms with van der Waals surface area (Å²) >= 11 is 4.84. The second-order valence-electron chi connectivity index (χ2n) is 1.90.